The molecule has 0 aliphatic carbocycles. The van der Waals surface area contributed by atoms with Crippen LogP contribution in [0.25, 0.3) is 0 Å². The zero-order valence-electron chi connectivity index (χ0n) is 9.64. The first kappa shape index (κ1) is 13.2. The molecule has 0 bridgehead atoms. The molecule has 0 amide bonds. The van der Waals surface area contributed by atoms with Crippen LogP contribution >= 0.6 is 0 Å². The molecule has 2 nitrogen and oxygen atoms in total. The molecule has 0 aromatic heterocycles. The molecule has 0 saturated carbocycles. The summed E-state index contributed by atoms with van der Waals surface area (Å²) in [5.41, 5.74) is 1.50. The third kappa shape index (κ3) is 7.84. The Balaban J connectivity index is 3.71. The van der Waals surface area contributed by atoms with E-state index in [9.17, 15) is 4.79 Å². The molecule has 82 valence electrons. The third-order valence-electron chi connectivity index (χ3n) is 2.00. The first-order valence-corrected chi connectivity index (χ1v) is 5.52. The highest BCUT2D eigenvalue weighted by atomic mass is 16.5. The standard InChI is InChI=1S/C12H22O2/c1-4-7-12(8-5-2)9-6-10-14-11(3)13/h9H,4-8,10H2,1-3H3. The van der Waals surface area contributed by atoms with Crippen molar-refractivity contribution in [2.24, 2.45) is 0 Å². The summed E-state index contributed by atoms with van der Waals surface area (Å²) in [6.07, 6.45) is 7.81. The summed E-state index contributed by atoms with van der Waals surface area (Å²) in [6, 6.07) is 0. The van der Waals surface area contributed by atoms with E-state index in [4.69, 9.17) is 4.74 Å². The fourth-order valence-electron chi connectivity index (χ4n) is 1.44. The van der Waals surface area contributed by atoms with E-state index in [1.54, 1.807) is 0 Å². The van der Waals surface area contributed by atoms with Crippen LogP contribution in [0.1, 0.15) is 52.9 Å². The average Bonchev–Trinajstić information content (AvgIpc) is 2.12. The second kappa shape index (κ2) is 8.79. The molecule has 0 saturated heterocycles. The van der Waals surface area contributed by atoms with Crippen molar-refractivity contribution in [3.8, 4) is 0 Å². The summed E-state index contributed by atoms with van der Waals surface area (Å²) in [6.45, 7) is 6.35. The van der Waals surface area contributed by atoms with E-state index < -0.39 is 0 Å². The summed E-state index contributed by atoms with van der Waals surface area (Å²) < 4.78 is 4.87. The van der Waals surface area contributed by atoms with E-state index in [-0.39, 0.29) is 5.97 Å². The predicted octanol–water partition coefficient (Wildman–Crippen LogP) is 3.47. The lowest BCUT2D eigenvalue weighted by Crippen LogP contribution is -1.99. The number of carbonyl (C=O) groups is 1. The first-order chi connectivity index (χ1) is 6.70. The maximum atomic E-state index is 10.5. The van der Waals surface area contributed by atoms with Crippen LogP contribution in [0.3, 0.4) is 0 Å². The van der Waals surface area contributed by atoms with Gasteiger partial charge in [-0.15, -0.1) is 0 Å². The smallest absolute Gasteiger partial charge is 0.302 e. The topological polar surface area (TPSA) is 26.3 Å². The first-order valence-electron chi connectivity index (χ1n) is 5.52. The SMILES string of the molecule is CCCC(=CCCOC(C)=O)CCC. The largest absolute Gasteiger partial charge is 0.466 e. The van der Waals surface area contributed by atoms with Gasteiger partial charge in [-0.05, 0) is 19.3 Å². The number of esters is 1. The molecule has 0 N–H and O–H groups in total. The minimum Gasteiger partial charge on any atom is -0.466 e. The molecule has 2 heteroatoms. The maximum absolute atomic E-state index is 10.5. The third-order valence-corrected chi connectivity index (χ3v) is 2.00. The lowest BCUT2D eigenvalue weighted by atomic mass is 10.0. The predicted molar refractivity (Wildman–Crippen MR) is 59.1 cm³/mol. The van der Waals surface area contributed by atoms with Crippen molar-refractivity contribution in [2.75, 3.05) is 6.61 Å². The molecule has 0 fully saturated rings. The summed E-state index contributed by atoms with van der Waals surface area (Å²) in [7, 11) is 0. The zero-order valence-corrected chi connectivity index (χ0v) is 9.64. The molecule has 0 heterocycles. The summed E-state index contributed by atoms with van der Waals surface area (Å²) >= 11 is 0. The van der Waals surface area contributed by atoms with Crippen molar-refractivity contribution < 1.29 is 9.53 Å². The molecule has 0 radical (unpaired) electrons. The van der Waals surface area contributed by atoms with E-state index in [0.717, 1.165) is 6.42 Å². The van der Waals surface area contributed by atoms with Crippen LogP contribution in [0, 0.1) is 0 Å². The van der Waals surface area contributed by atoms with Gasteiger partial charge in [-0.3, -0.25) is 4.79 Å². The quantitative estimate of drug-likeness (QED) is 0.356. The molecule has 0 aromatic carbocycles. The molecule has 14 heavy (non-hydrogen) atoms. The molecular formula is C12H22O2. The van der Waals surface area contributed by atoms with Crippen molar-refractivity contribution in [3.05, 3.63) is 11.6 Å². The Kier molecular flexibility index (Phi) is 8.30. The van der Waals surface area contributed by atoms with Gasteiger partial charge >= 0.3 is 5.97 Å². The number of carbonyl (C=O) groups excluding carboxylic acids is 1. The van der Waals surface area contributed by atoms with Crippen LogP contribution in [0.5, 0.6) is 0 Å². The number of allylic oxidation sites excluding steroid dienone is 1. The van der Waals surface area contributed by atoms with Gasteiger partial charge in [-0.1, -0.05) is 38.3 Å². The Morgan fingerprint density at radius 1 is 1.21 bits per heavy atom. The minimum atomic E-state index is -0.189. The van der Waals surface area contributed by atoms with Crippen molar-refractivity contribution in [1.29, 1.82) is 0 Å². The van der Waals surface area contributed by atoms with E-state index >= 15 is 0 Å². The number of hydrogen-bond donors (Lipinski definition) is 0. The van der Waals surface area contributed by atoms with E-state index in [2.05, 4.69) is 19.9 Å². The molecular weight excluding hydrogens is 176 g/mol. The Hall–Kier alpha value is -0.790. The second-order valence-corrected chi connectivity index (χ2v) is 3.49. The van der Waals surface area contributed by atoms with Gasteiger partial charge in [-0.25, -0.2) is 0 Å². The summed E-state index contributed by atoms with van der Waals surface area (Å²) in [5.74, 6) is -0.189. The Morgan fingerprint density at radius 3 is 2.21 bits per heavy atom. The highest BCUT2D eigenvalue weighted by Gasteiger charge is 1.95. The van der Waals surface area contributed by atoms with Crippen LogP contribution in [-0.4, -0.2) is 12.6 Å². The molecule has 0 atom stereocenters. The van der Waals surface area contributed by atoms with Crippen LogP contribution in [0.2, 0.25) is 0 Å². The van der Waals surface area contributed by atoms with E-state index in [0.29, 0.717) is 6.61 Å². The average molecular weight is 198 g/mol. The lowest BCUT2D eigenvalue weighted by molar-refractivity contribution is -0.140. The normalized spacial score (nSPS) is 9.64. The molecule has 0 spiro atoms. The van der Waals surface area contributed by atoms with Crippen molar-refractivity contribution in [3.63, 3.8) is 0 Å². The van der Waals surface area contributed by atoms with Gasteiger partial charge in [0.1, 0.15) is 0 Å². The monoisotopic (exact) mass is 198 g/mol. The van der Waals surface area contributed by atoms with Gasteiger partial charge in [0.25, 0.3) is 0 Å². The molecule has 0 rings (SSSR count). The molecule has 0 unspecified atom stereocenters. The van der Waals surface area contributed by atoms with Crippen molar-refractivity contribution >= 4 is 5.97 Å². The van der Waals surface area contributed by atoms with Gasteiger partial charge < -0.3 is 4.74 Å². The Morgan fingerprint density at radius 2 is 1.79 bits per heavy atom. The Bertz CT molecular complexity index is 175. The van der Waals surface area contributed by atoms with Crippen LogP contribution in [-0.2, 0) is 9.53 Å². The fraction of sp³-hybridized carbons (Fsp3) is 0.750. The number of ether oxygens (including phenoxy) is 1. The number of hydrogen-bond acceptors (Lipinski definition) is 2. The maximum Gasteiger partial charge on any atom is 0.302 e. The van der Waals surface area contributed by atoms with E-state index in [1.165, 1.54) is 38.2 Å². The number of rotatable bonds is 7. The van der Waals surface area contributed by atoms with Crippen molar-refractivity contribution in [1.82, 2.24) is 0 Å². The summed E-state index contributed by atoms with van der Waals surface area (Å²) in [5, 5.41) is 0. The van der Waals surface area contributed by atoms with Crippen LogP contribution in [0.15, 0.2) is 11.6 Å². The Labute approximate surface area is 87.3 Å². The molecule has 0 aliphatic heterocycles. The fourth-order valence-corrected chi connectivity index (χ4v) is 1.44. The van der Waals surface area contributed by atoms with Gasteiger partial charge in [0, 0.05) is 6.92 Å². The van der Waals surface area contributed by atoms with Crippen LogP contribution < -0.4 is 0 Å². The molecule has 0 aromatic rings. The molecule has 0 aliphatic rings. The summed E-state index contributed by atoms with van der Waals surface area (Å²) in [4.78, 5) is 10.5. The van der Waals surface area contributed by atoms with E-state index in [1.807, 2.05) is 0 Å². The van der Waals surface area contributed by atoms with Crippen molar-refractivity contribution in [2.45, 2.75) is 52.9 Å². The van der Waals surface area contributed by atoms with Crippen LogP contribution in [0.4, 0.5) is 0 Å². The lowest BCUT2D eigenvalue weighted by Gasteiger charge is -2.04. The highest BCUT2D eigenvalue weighted by Crippen LogP contribution is 2.12. The van der Waals surface area contributed by atoms with Gasteiger partial charge in [-0.2, -0.15) is 0 Å². The van der Waals surface area contributed by atoms with Gasteiger partial charge in [0.2, 0.25) is 0 Å². The zero-order chi connectivity index (χ0) is 10.8. The second-order valence-electron chi connectivity index (χ2n) is 3.49. The minimum absolute atomic E-state index is 0.189. The highest BCUT2D eigenvalue weighted by molar-refractivity contribution is 5.65. The van der Waals surface area contributed by atoms with Gasteiger partial charge in [0.05, 0.1) is 6.61 Å². The van der Waals surface area contributed by atoms with Gasteiger partial charge in [0.15, 0.2) is 0 Å².